The lowest BCUT2D eigenvalue weighted by molar-refractivity contribution is -0.190. The van der Waals surface area contributed by atoms with E-state index in [2.05, 4.69) is 0 Å². The van der Waals surface area contributed by atoms with Crippen molar-refractivity contribution in [1.82, 2.24) is 0 Å². The van der Waals surface area contributed by atoms with Gasteiger partial charge >= 0.3 is 11.9 Å². The van der Waals surface area contributed by atoms with E-state index in [0.29, 0.717) is 13.0 Å². The van der Waals surface area contributed by atoms with Crippen molar-refractivity contribution < 1.29 is 23.8 Å². The third-order valence-corrected chi connectivity index (χ3v) is 2.23. The average Bonchev–Trinajstić information content (AvgIpc) is 2.09. The van der Waals surface area contributed by atoms with Crippen LogP contribution in [0.5, 0.6) is 0 Å². The monoisotopic (exact) mass is 216 g/mol. The van der Waals surface area contributed by atoms with Gasteiger partial charge in [0.05, 0.1) is 12.7 Å². The highest BCUT2D eigenvalue weighted by molar-refractivity contribution is 5.67. The minimum absolute atomic E-state index is 0.244. The fraction of sp³-hybridized carbons (Fsp3) is 0.800. The van der Waals surface area contributed by atoms with E-state index in [1.165, 1.54) is 13.8 Å². The average molecular weight is 216 g/mol. The van der Waals surface area contributed by atoms with Crippen LogP contribution >= 0.6 is 0 Å². The van der Waals surface area contributed by atoms with Gasteiger partial charge in [0.15, 0.2) is 6.10 Å². The van der Waals surface area contributed by atoms with Gasteiger partial charge in [-0.1, -0.05) is 0 Å². The highest BCUT2D eigenvalue weighted by atomic mass is 16.6. The molecule has 1 rings (SSSR count). The van der Waals surface area contributed by atoms with Gasteiger partial charge in [0, 0.05) is 20.3 Å². The van der Waals surface area contributed by atoms with Crippen LogP contribution in [-0.4, -0.2) is 36.9 Å². The number of carbonyl (C=O) groups excluding carboxylic acids is 2. The molecule has 15 heavy (non-hydrogen) atoms. The Labute approximate surface area is 88.7 Å². The lowest BCUT2D eigenvalue weighted by Gasteiger charge is -2.34. The van der Waals surface area contributed by atoms with Crippen LogP contribution < -0.4 is 0 Å². The summed E-state index contributed by atoms with van der Waals surface area (Å²) in [4.78, 5) is 21.7. The van der Waals surface area contributed by atoms with Gasteiger partial charge in [-0.25, -0.2) is 0 Å². The number of esters is 2. The van der Waals surface area contributed by atoms with Crippen LogP contribution in [0.1, 0.15) is 27.2 Å². The molecule has 0 radical (unpaired) electrons. The van der Waals surface area contributed by atoms with Gasteiger partial charge in [-0.15, -0.1) is 0 Å². The minimum Gasteiger partial charge on any atom is -0.458 e. The number of rotatable bonds is 2. The molecule has 1 aliphatic rings. The molecule has 0 saturated carbocycles. The van der Waals surface area contributed by atoms with Gasteiger partial charge in [0.2, 0.25) is 0 Å². The standard InChI is InChI=1S/C10H16O5/c1-6-10(15-8(3)12)9(4-5-13-6)14-7(2)11/h6,9-10H,4-5H2,1-3H3. The third kappa shape index (κ3) is 3.51. The van der Waals surface area contributed by atoms with Crippen molar-refractivity contribution in [2.24, 2.45) is 0 Å². The Kier molecular flexibility index (Phi) is 4.08. The van der Waals surface area contributed by atoms with Crippen molar-refractivity contribution in [3.05, 3.63) is 0 Å². The maximum atomic E-state index is 10.9. The van der Waals surface area contributed by atoms with Crippen molar-refractivity contribution in [3.63, 3.8) is 0 Å². The Morgan fingerprint density at radius 2 is 1.80 bits per heavy atom. The molecule has 5 nitrogen and oxygen atoms in total. The summed E-state index contributed by atoms with van der Waals surface area (Å²) in [6.07, 6.45) is -0.579. The second kappa shape index (κ2) is 5.11. The SMILES string of the molecule is CC(=O)OC1CCOC(C)C1OC(C)=O. The van der Waals surface area contributed by atoms with Gasteiger partial charge in [0.1, 0.15) is 6.10 Å². The van der Waals surface area contributed by atoms with Crippen LogP contribution in [0.15, 0.2) is 0 Å². The summed E-state index contributed by atoms with van der Waals surface area (Å²) in [5, 5.41) is 0. The molecular formula is C10H16O5. The molecule has 0 bridgehead atoms. The van der Waals surface area contributed by atoms with Crippen LogP contribution in [-0.2, 0) is 23.8 Å². The Hall–Kier alpha value is -1.10. The molecule has 1 aliphatic heterocycles. The van der Waals surface area contributed by atoms with E-state index < -0.39 is 18.2 Å². The summed E-state index contributed by atoms with van der Waals surface area (Å²) >= 11 is 0. The van der Waals surface area contributed by atoms with Crippen molar-refractivity contribution in [2.75, 3.05) is 6.61 Å². The topological polar surface area (TPSA) is 61.8 Å². The first-order valence-corrected chi connectivity index (χ1v) is 4.96. The summed E-state index contributed by atoms with van der Waals surface area (Å²) in [5.41, 5.74) is 0. The molecule has 0 N–H and O–H groups in total. The van der Waals surface area contributed by atoms with Crippen LogP contribution in [0.25, 0.3) is 0 Å². The van der Waals surface area contributed by atoms with Gasteiger partial charge in [0.25, 0.3) is 0 Å². The maximum absolute atomic E-state index is 10.9. The van der Waals surface area contributed by atoms with E-state index in [9.17, 15) is 9.59 Å². The molecule has 3 atom stereocenters. The number of hydrogen-bond acceptors (Lipinski definition) is 5. The summed E-state index contributed by atoms with van der Waals surface area (Å²) in [6, 6.07) is 0. The van der Waals surface area contributed by atoms with Crippen molar-refractivity contribution >= 4 is 11.9 Å². The molecule has 0 aliphatic carbocycles. The van der Waals surface area contributed by atoms with E-state index in [1.807, 2.05) is 0 Å². The molecule has 0 aromatic heterocycles. The Balaban J connectivity index is 2.63. The summed E-state index contributed by atoms with van der Waals surface area (Å²) in [7, 11) is 0. The quantitative estimate of drug-likeness (QED) is 0.634. The summed E-state index contributed by atoms with van der Waals surface area (Å²) < 4.78 is 15.5. The van der Waals surface area contributed by atoms with Gasteiger partial charge < -0.3 is 14.2 Å². The molecule has 86 valence electrons. The van der Waals surface area contributed by atoms with Crippen molar-refractivity contribution in [3.8, 4) is 0 Å². The van der Waals surface area contributed by atoms with Crippen LogP contribution in [0.2, 0.25) is 0 Å². The zero-order valence-corrected chi connectivity index (χ0v) is 9.19. The molecule has 5 heteroatoms. The molecule has 1 fully saturated rings. The molecule has 0 spiro atoms. The normalized spacial score (nSPS) is 30.7. The number of hydrogen-bond donors (Lipinski definition) is 0. The molecule has 3 unspecified atom stereocenters. The Morgan fingerprint density at radius 1 is 1.20 bits per heavy atom. The van der Waals surface area contributed by atoms with E-state index in [4.69, 9.17) is 14.2 Å². The smallest absolute Gasteiger partial charge is 0.303 e. The van der Waals surface area contributed by atoms with E-state index in [-0.39, 0.29) is 12.1 Å². The van der Waals surface area contributed by atoms with Crippen molar-refractivity contribution in [1.29, 1.82) is 0 Å². The first-order chi connectivity index (χ1) is 7.00. The molecule has 0 aromatic carbocycles. The zero-order valence-electron chi connectivity index (χ0n) is 9.19. The van der Waals surface area contributed by atoms with Gasteiger partial charge in [-0.2, -0.15) is 0 Å². The largest absolute Gasteiger partial charge is 0.458 e. The summed E-state index contributed by atoms with van der Waals surface area (Å²) in [6.45, 7) is 4.97. The van der Waals surface area contributed by atoms with E-state index in [1.54, 1.807) is 6.92 Å². The molecular weight excluding hydrogens is 200 g/mol. The van der Waals surface area contributed by atoms with E-state index >= 15 is 0 Å². The predicted molar refractivity (Wildman–Crippen MR) is 51.1 cm³/mol. The zero-order chi connectivity index (χ0) is 11.4. The van der Waals surface area contributed by atoms with Crippen molar-refractivity contribution in [2.45, 2.75) is 45.5 Å². The molecule has 0 amide bonds. The predicted octanol–water partition coefficient (Wildman–Crippen LogP) is 0.659. The third-order valence-electron chi connectivity index (χ3n) is 2.23. The highest BCUT2D eigenvalue weighted by Gasteiger charge is 2.36. The number of ether oxygens (including phenoxy) is 3. The fourth-order valence-electron chi connectivity index (χ4n) is 1.63. The minimum atomic E-state index is -0.500. The molecule has 0 aromatic rings. The van der Waals surface area contributed by atoms with Gasteiger partial charge in [-0.05, 0) is 6.92 Å². The lowest BCUT2D eigenvalue weighted by Crippen LogP contribution is -2.47. The van der Waals surface area contributed by atoms with Gasteiger partial charge in [-0.3, -0.25) is 9.59 Å². The van der Waals surface area contributed by atoms with Crippen LogP contribution in [0.4, 0.5) is 0 Å². The molecule has 1 saturated heterocycles. The molecule has 1 heterocycles. The Bertz CT molecular complexity index is 250. The lowest BCUT2D eigenvalue weighted by atomic mass is 10.0. The van der Waals surface area contributed by atoms with E-state index in [0.717, 1.165) is 0 Å². The van der Waals surface area contributed by atoms with Crippen LogP contribution in [0.3, 0.4) is 0 Å². The summed E-state index contributed by atoms with van der Waals surface area (Å²) in [5.74, 6) is -0.763. The van der Waals surface area contributed by atoms with Crippen LogP contribution in [0, 0.1) is 0 Å². The number of carbonyl (C=O) groups is 2. The first-order valence-electron chi connectivity index (χ1n) is 4.96. The first kappa shape index (κ1) is 12.0. The Morgan fingerprint density at radius 3 is 2.33 bits per heavy atom. The maximum Gasteiger partial charge on any atom is 0.303 e. The second-order valence-electron chi connectivity index (χ2n) is 3.59. The fourth-order valence-corrected chi connectivity index (χ4v) is 1.63. The second-order valence-corrected chi connectivity index (χ2v) is 3.59. The highest BCUT2D eigenvalue weighted by Crippen LogP contribution is 2.20.